The van der Waals surface area contributed by atoms with Gasteiger partial charge in [-0.15, -0.1) is 0 Å². The first-order valence-corrected chi connectivity index (χ1v) is 8.12. The minimum absolute atomic E-state index is 0.0106. The molecule has 8 heteroatoms. The van der Waals surface area contributed by atoms with Gasteiger partial charge in [0.2, 0.25) is 0 Å². The van der Waals surface area contributed by atoms with Crippen LogP contribution in [0.15, 0.2) is 47.5 Å². The number of aromatic nitrogens is 1. The molecule has 0 spiro atoms. The van der Waals surface area contributed by atoms with Gasteiger partial charge in [0.15, 0.2) is 0 Å². The highest BCUT2D eigenvalue weighted by molar-refractivity contribution is 8.26. The molecule has 3 rings (SSSR count). The Balaban J connectivity index is 1.81. The Morgan fingerprint density at radius 1 is 1.25 bits per heavy atom. The van der Waals surface area contributed by atoms with Crippen LogP contribution in [-0.2, 0) is 17.5 Å². The molecule has 1 aliphatic heterocycles. The number of aromatic amines is 1. The first-order chi connectivity index (χ1) is 11.3. The van der Waals surface area contributed by atoms with Gasteiger partial charge in [0.25, 0.3) is 5.91 Å². The molecule has 2 aromatic rings. The third-order valence-corrected chi connectivity index (χ3v) is 4.75. The van der Waals surface area contributed by atoms with E-state index in [1.165, 1.54) is 11.0 Å². The Labute approximate surface area is 145 Å². The number of thioether (sulfide) groups is 1. The van der Waals surface area contributed by atoms with Crippen molar-refractivity contribution >= 4 is 40.3 Å². The molecule has 0 saturated carbocycles. The van der Waals surface area contributed by atoms with Crippen molar-refractivity contribution in [3.63, 3.8) is 0 Å². The summed E-state index contributed by atoms with van der Waals surface area (Å²) in [6.45, 7) is 0.0106. The number of carbonyl (C=O) groups is 1. The third kappa shape index (κ3) is 3.54. The lowest BCUT2D eigenvalue weighted by atomic mass is 10.1. The van der Waals surface area contributed by atoms with Crippen LogP contribution in [0.2, 0.25) is 0 Å². The number of benzene rings is 1. The smallest absolute Gasteiger partial charge is 0.362 e. The molecule has 0 radical (unpaired) electrons. The highest BCUT2D eigenvalue weighted by Crippen LogP contribution is 2.34. The van der Waals surface area contributed by atoms with E-state index in [1.54, 1.807) is 30.5 Å². The van der Waals surface area contributed by atoms with Gasteiger partial charge < -0.3 is 4.98 Å². The van der Waals surface area contributed by atoms with Gasteiger partial charge >= 0.3 is 6.18 Å². The fraction of sp³-hybridized carbons (Fsp3) is 0.125. The highest BCUT2D eigenvalue weighted by Gasteiger charge is 2.33. The van der Waals surface area contributed by atoms with Crippen LogP contribution in [0.4, 0.5) is 13.2 Å². The molecule has 0 bridgehead atoms. The van der Waals surface area contributed by atoms with E-state index in [9.17, 15) is 18.0 Å². The SMILES string of the molecule is O=C1/C(=C/c2ccc[nH]2)SC(=S)N1Cc1cccc(C(F)(F)F)c1. The molecule has 1 aliphatic rings. The van der Waals surface area contributed by atoms with Gasteiger partial charge in [-0.25, -0.2) is 0 Å². The molecule has 24 heavy (non-hydrogen) atoms. The summed E-state index contributed by atoms with van der Waals surface area (Å²) in [5.41, 5.74) is 0.393. The number of H-pyrrole nitrogens is 1. The minimum Gasteiger partial charge on any atom is -0.362 e. The summed E-state index contributed by atoms with van der Waals surface area (Å²) in [6.07, 6.45) is -1.01. The largest absolute Gasteiger partial charge is 0.416 e. The third-order valence-electron chi connectivity index (χ3n) is 3.38. The number of rotatable bonds is 3. The van der Waals surface area contributed by atoms with Crippen LogP contribution >= 0.6 is 24.0 Å². The van der Waals surface area contributed by atoms with Gasteiger partial charge in [0.05, 0.1) is 17.0 Å². The van der Waals surface area contributed by atoms with Gasteiger partial charge in [-0.3, -0.25) is 9.69 Å². The van der Waals surface area contributed by atoms with Crippen molar-refractivity contribution in [3.05, 3.63) is 64.3 Å². The van der Waals surface area contributed by atoms with Crippen LogP contribution in [0, 0.1) is 0 Å². The van der Waals surface area contributed by atoms with Crippen molar-refractivity contribution in [1.82, 2.24) is 9.88 Å². The maximum atomic E-state index is 12.8. The van der Waals surface area contributed by atoms with Crippen molar-refractivity contribution in [3.8, 4) is 0 Å². The van der Waals surface area contributed by atoms with Crippen LogP contribution in [0.1, 0.15) is 16.8 Å². The fourth-order valence-electron chi connectivity index (χ4n) is 2.24. The second kappa shape index (κ2) is 6.45. The molecule has 124 valence electrons. The van der Waals surface area contributed by atoms with Crippen molar-refractivity contribution < 1.29 is 18.0 Å². The molecule has 1 saturated heterocycles. The molecule has 0 atom stereocenters. The van der Waals surface area contributed by atoms with Crippen molar-refractivity contribution in [2.75, 3.05) is 0 Å². The molecular weight excluding hydrogens is 357 g/mol. The van der Waals surface area contributed by atoms with E-state index in [-0.39, 0.29) is 12.5 Å². The zero-order chi connectivity index (χ0) is 17.3. The number of amides is 1. The molecule has 1 aromatic heterocycles. The number of carbonyl (C=O) groups excluding carboxylic acids is 1. The van der Waals surface area contributed by atoms with Crippen molar-refractivity contribution in [2.45, 2.75) is 12.7 Å². The number of alkyl halides is 3. The van der Waals surface area contributed by atoms with Crippen LogP contribution in [0.25, 0.3) is 6.08 Å². The number of nitrogens with zero attached hydrogens (tertiary/aromatic N) is 1. The van der Waals surface area contributed by atoms with Gasteiger partial charge in [0.1, 0.15) is 4.32 Å². The average Bonchev–Trinajstić information content (AvgIpc) is 3.11. The van der Waals surface area contributed by atoms with E-state index in [0.717, 1.165) is 29.6 Å². The number of hydrogen-bond acceptors (Lipinski definition) is 3. The van der Waals surface area contributed by atoms with Gasteiger partial charge in [0, 0.05) is 11.9 Å². The molecule has 0 aliphatic carbocycles. The second-order valence-corrected chi connectivity index (χ2v) is 6.77. The summed E-state index contributed by atoms with van der Waals surface area (Å²) in [4.78, 5) is 17.1. The molecule has 1 fully saturated rings. The zero-order valence-corrected chi connectivity index (χ0v) is 13.8. The predicted molar refractivity (Wildman–Crippen MR) is 91.0 cm³/mol. The molecule has 2 heterocycles. The van der Waals surface area contributed by atoms with Gasteiger partial charge in [-0.1, -0.05) is 36.1 Å². The van der Waals surface area contributed by atoms with Gasteiger partial charge in [-0.05, 0) is 35.9 Å². The number of thiocarbonyl (C=S) groups is 1. The first kappa shape index (κ1) is 16.8. The van der Waals surface area contributed by atoms with E-state index < -0.39 is 11.7 Å². The molecular formula is C16H11F3N2OS2. The summed E-state index contributed by atoms with van der Waals surface area (Å²) >= 11 is 6.33. The van der Waals surface area contributed by atoms with E-state index in [0.29, 0.717) is 14.8 Å². The van der Waals surface area contributed by atoms with Crippen LogP contribution in [-0.4, -0.2) is 20.1 Å². The Kier molecular flexibility index (Phi) is 4.51. The predicted octanol–water partition coefficient (Wildman–Crippen LogP) is 4.43. The Morgan fingerprint density at radius 3 is 2.71 bits per heavy atom. The Bertz CT molecular complexity index is 813. The quantitative estimate of drug-likeness (QED) is 0.643. The van der Waals surface area contributed by atoms with Crippen molar-refractivity contribution in [1.29, 1.82) is 0 Å². The van der Waals surface area contributed by atoms with E-state index >= 15 is 0 Å². The number of halogens is 3. The van der Waals surface area contributed by atoms with Crippen molar-refractivity contribution in [2.24, 2.45) is 0 Å². The van der Waals surface area contributed by atoms with E-state index in [4.69, 9.17) is 12.2 Å². The van der Waals surface area contributed by atoms with E-state index in [2.05, 4.69) is 4.98 Å². The normalized spacial score (nSPS) is 17.1. The Hall–Kier alpha value is -2.06. The maximum Gasteiger partial charge on any atom is 0.416 e. The van der Waals surface area contributed by atoms with Crippen LogP contribution in [0.3, 0.4) is 0 Å². The lowest BCUT2D eigenvalue weighted by Gasteiger charge is -2.15. The highest BCUT2D eigenvalue weighted by atomic mass is 32.2. The summed E-state index contributed by atoms with van der Waals surface area (Å²) < 4.78 is 38.7. The minimum atomic E-state index is -4.42. The summed E-state index contributed by atoms with van der Waals surface area (Å²) in [5, 5.41) is 0. The Morgan fingerprint density at radius 2 is 2.04 bits per heavy atom. The average molecular weight is 368 g/mol. The summed E-state index contributed by atoms with van der Waals surface area (Å²) in [5.74, 6) is -0.308. The molecule has 3 nitrogen and oxygen atoms in total. The molecule has 1 N–H and O–H groups in total. The number of nitrogens with one attached hydrogen (secondary N) is 1. The fourth-order valence-corrected chi connectivity index (χ4v) is 3.49. The zero-order valence-electron chi connectivity index (χ0n) is 12.1. The first-order valence-electron chi connectivity index (χ1n) is 6.89. The monoisotopic (exact) mass is 368 g/mol. The summed E-state index contributed by atoms with van der Waals surface area (Å²) in [7, 11) is 0. The summed E-state index contributed by atoms with van der Waals surface area (Å²) in [6, 6.07) is 8.51. The lowest BCUT2D eigenvalue weighted by Crippen LogP contribution is -2.27. The second-order valence-electron chi connectivity index (χ2n) is 5.09. The van der Waals surface area contributed by atoms with E-state index in [1.807, 2.05) is 0 Å². The topological polar surface area (TPSA) is 36.1 Å². The number of hydrogen-bond donors (Lipinski definition) is 1. The maximum absolute atomic E-state index is 12.8. The molecule has 1 amide bonds. The lowest BCUT2D eigenvalue weighted by molar-refractivity contribution is -0.137. The van der Waals surface area contributed by atoms with Gasteiger partial charge in [-0.2, -0.15) is 13.2 Å². The standard InChI is InChI=1S/C16H11F3N2OS2/c17-16(18,19)11-4-1-3-10(7-11)9-21-14(22)13(24-15(21)23)8-12-5-2-6-20-12/h1-8,20H,9H2/b13-8-. The molecule has 0 unspecified atom stereocenters. The molecule has 1 aromatic carbocycles. The van der Waals surface area contributed by atoms with Crippen LogP contribution < -0.4 is 0 Å². The van der Waals surface area contributed by atoms with Crippen LogP contribution in [0.5, 0.6) is 0 Å².